The number of carbonyl (C=O) groups is 4. The number of fused-ring (bicyclic) bond motifs is 6. The zero-order valence-corrected chi connectivity index (χ0v) is 20.8. The van der Waals surface area contributed by atoms with Crippen LogP contribution in [0.15, 0.2) is 72.9 Å². The summed E-state index contributed by atoms with van der Waals surface area (Å²) >= 11 is 0. The number of nitrogens with zero attached hydrogens (tertiary/aromatic N) is 2. The summed E-state index contributed by atoms with van der Waals surface area (Å²) in [5.41, 5.74) is 2.57. The second-order valence-corrected chi connectivity index (χ2v) is 9.86. The number of rotatable bonds is 4. The predicted octanol–water partition coefficient (Wildman–Crippen LogP) is 3.74. The standard InChI is InChI=1S/C30H22N2O7/c1-16(33)39-20-9-6-18(7-10-20)28(34)27-25-24(26-21-5-3-2-4-17(21)12-13-31(26)27)29(35)32(30(25)36)19-8-11-22-23(14-19)38-15-37-22/h2-14,24-27H,15H2,1H3/t24-,25+,26+,27+/m0/s1. The molecule has 3 aromatic carbocycles. The van der Waals surface area contributed by atoms with Crippen LogP contribution in [0.3, 0.4) is 0 Å². The van der Waals surface area contributed by atoms with Crippen LogP contribution in [-0.4, -0.2) is 41.3 Å². The molecule has 9 heteroatoms. The van der Waals surface area contributed by atoms with Gasteiger partial charge in [-0.15, -0.1) is 0 Å². The molecular weight excluding hydrogens is 500 g/mol. The fourth-order valence-corrected chi connectivity index (χ4v) is 6.16. The van der Waals surface area contributed by atoms with Gasteiger partial charge in [-0.25, -0.2) is 4.90 Å². The second-order valence-electron chi connectivity index (χ2n) is 9.86. The van der Waals surface area contributed by atoms with Crippen molar-refractivity contribution in [3.05, 3.63) is 89.6 Å². The van der Waals surface area contributed by atoms with E-state index in [0.717, 1.165) is 11.1 Å². The molecule has 4 aliphatic rings. The van der Waals surface area contributed by atoms with Gasteiger partial charge in [-0.1, -0.05) is 24.3 Å². The van der Waals surface area contributed by atoms with Crippen molar-refractivity contribution in [2.24, 2.45) is 11.8 Å². The summed E-state index contributed by atoms with van der Waals surface area (Å²) in [6.07, 6.45) is 3.72. The van der Waals surface area contributed by atoms with Crippen molar-refractivity contribution >= 4 is 35.3 Å². The molecule has 2 saturated heterocycles. The number of amides is 2. The Kier molecular flexibility index (Phi) is 5.09. The number of esters is 1. The molecule has 2 fully saturated rings. The molecule has 7 rings (SSSR count). The predicted molar refractivity (Wildman–Crippen MR) is 138 cm³/mol. The van der Waals surface area contributed by atoms with Crippen LogP contribution < -0.4 is 19.1 Å². The molecule has 9 nitrogen and oxygen atoms in total. The number of hydrogen-bond acceptors (Lipinski definition) is 8. The van der Waals surface area contributed by atoms with Crippen LogP contribution in [0, 0.1) is 11.8 Å². The average molecular weight is 523 g/mol. The lowest BCUT2D eigenvalue weighted by Crippen LogP contribution is -2.44. The van der Waals surface area contributed by atoms with Crippen LogP contribution in [-0.2, 0) is 14.4 Å². The number of anilines is 1. The molecule has 4 heterocycles. The molecule has 0 aromatic heterocycles. The van der Waals surface area contributed by atoms with E-state index in [1.807, 2.05) is 41.4 Å². The monoisotopic (exact) mass is 522 g/mol. The minimum Gasteiger partial charge on any atom is -0.454 e. The van der Waals surface area contributed by atoms with Gasteiger partial charge in [0.15, 0.2) is 17.3 Å². The van der Waals surface area contributed by atoms with Crippen molar-refractivity contribution in [3.8, 4) is 17.2 Å². The van der Waals surface area contributed by atoms with Gasteiger partial charge in [0.25, 0.3) is 0 Å². The Hall–Kier alpha value is -4.92. The molecule has 0 saturated carbocycles. The van der Waals surface area contributed by atoms with Gasteiger partial charge in [0.1, 0.15) is 11.8 Å². The zero-order valence-electron chi connectivity index (χ0n) is 20.8. The molecule has 39 heavy (non-hydrogen) atoms. The van der Waals surface area contributed by atoms with E-state index in [1.54, 1.807) is 42.5 Å². The highest BCUT2D eigenvalue weighted by Crippen LogP contribution is 2.54. The van der Waals surface area contributed by atoms with Crippen molar-refractivity contribution in [3.63, 3.8) is 0 Å². The SMILES string of the molecule is CC(=O)Oc1ccc(C(=O)[C@H]2[C@@H]3C(=O)N(c4ccc5c(c4)OCO5)C(=O)[C@@H]3[C@H]3c4ccccc4C=CN32)cc1. The molecule has 0 unspecified atom stereocenters. The van der Waals surface area contributed by atoms with Gasteiger partial charge in [0, 0.05) is 24.8 Å². The van der Waals surface area contributed by atoms with Crippen molar-refractivity contribution in [1.29, 1.82) is 0 Å². The molecule has 0 bridgehead atoms. The lowest BCUT2D eigenvalue weighted by Gasteiger charge is -2.35. The van der Waals surface area contributed by atoms with Crippen LogP contribution in [0.1, 0.15) is 34.5 Å². The highest BCUT2D eigenvalue weighted by atomic mass is 16.7. The molecule has 4 atom stereocenters. The number of ether oxygens (including phenoxy) is 3. The molecule has 0 radical (unpaired) electrons. The third-order valence-electron chi connectivity index (χ3n) is 7.74. The highest BCUT2D eigenvalue weighted by molar-refractivity contribution is 6.24. The summed E-state index contributed by atoms with van der Waals surface area (Å²) in [4.78, 5) is 56.5. The van der Waals surface area contributed by atoms with Crippen LogP contribution in [0.4, 0.5) is 5.69 Å². The minimum atomic E-state index is -0.903. The second kappa shape index (κ2) is 8.56. The Morgan fingerprint density at radius 1 is 0.897 bits per heavy atom. The van der Waals surface area contributed by atoms with Gasteiger partial charge < -0.3 is 19.1 Å². The Morgan fingerprint density at radius 3 is 2.44 bits per heavy atom. The minimum absolute atomic E-state index is 0.0684. The maximum absolute atomic E-state index is 14.0. The summed E-state index contributed by atoms with van der Waals surface area (Å²) in [6.45, 7) is 1.37. The summed E-state index contributed by atoms with van der Waals surface area (Å²) in [6, 6.07) is 17.5. The van der Waals surface area contributed by atoms with E-state index in [1.165, 1.54) is 11.8 Å². The van der Waals surface area contributed by atoms with Gasteiger partial charge in [-0.2, -0.15) is 0 Å². The smallest absolute Gasteiger partial charge is 0.308 e. The average Bonchev–Trinajstić information content (AvgIpc) is 3.61. The first kappa shape index (κ1) is 23.2. The Labute approximate surface area is 223 Å². The first-order valence-corrected chi connectivity index (χ1v) is 12.6. The molecule has 3 aromatic rings. The maximum Gasteiger partial charge on any atom is 0.308 e. The summed E-state index contributed by atoms with van der Waals surface area (Å²) in [7, 11) is 0. The third-order valence-corrected chi connectivity index (χ3v) is 7.74. The van der Waals surface area contributed by atoms with E-state index in [-0.39, 0.29) is 18.5 Å². The van der Waals surface area contributed by atoms with Crippen LogP contribution in [0.2, 0.25) is 0 Å². The number of hydrogen-bond donors (Lipinski definition) is 0. The molecule has 2 amide bonds. The van der Waals surface area contributed by atoms with Gasteiger partial charge in [0.2, 0.25) is 18.6 Å². The number of Topliss-reactive ketones (excluding diaryl/α,β-unsaturated/α-hetero) is 1. The fourth-order valence-electron chi connectivity index (χ4n) is 6.16. The van der Waals surface area contributed by atoms with E-state index in [4.69, 9.17) is 14.2 Å². The van der Waals surface area contributed by atoms with E-state index in [0.29, 0.717) is 28.5 Å². The molecule has 194 valence electrons. The van der Waals surface area contributed by atoms with Crippen LogP contribution in [0.5, 0.6) is 17.2 Å². The topological polar surface area (TPSA) is 102 Å². The molecule has 0 aliphatic carbocycles. The largest absolute Gasteiger partial charge is 0.454 e. The van der Waals surface area contributed by atoms with Crippen molar-refractivity contribution < 1.29 is 33.4 Å². The van der Waals surface area contributed by atoms with E-state index in [2.05, 4.69) is 0 Å². The van der Waals surface area contributed by atoms with Crippen LogP contribution >= 0.6 is 0 Å². The zero-order chi connectivity index (χ0) is 26.8. The Bertz CT molecular complexity index is 1600. The lowest BCUT2D eigenvalue weighted by atomic mass is 9.83. The first-order chi connectivity index (χ1) is 18.9. The van der Waals surface area contributed by atoms with Gasteiger partial charge >= 0.3 is 5.97 Å². The van der Waals surface area contributed by atoms with Gasteiger partial charge in [0.05, 0.1) is 23.6 Å². The normalized spacial score (nSPS) is 23.9. The summed E-state index contributed by atoms with van der Waals surface area (Å²) < 4.78 is 16.0. The number of carbonyl (C=O) groups excluding carboxylic acids is 4. The Morgan fingerprint density at radius 2 is 1.64 bits per heavy atom. The number of ketones is 1. The lowest BCUT2D eigenvalue weighted by molar-refractivity contribution is -0.132. The third kappa shape index (κ3) is 3.46. The first-order valence-electron chi connectivity index (χ1n) is 12.6. The highest BCUT2D eigenvalue weighted by Gasteiger charge is 2.64. The molecular formula is C30H22N2O7. The quantitative estimate of drug-likeness (QED) is 0.221. The maximum atomic E-state index is 14.0. The molecule has 4 aliphatic heterocycles. The number of benzene rings is 3. The van der Waals surface area contributed by atoms with E-state index >= 15 is 0 Å². The van der Waals surface area contributed by atoms with Gasteiger partial charge in [-0.05, 0) is 53.6 Å². The van der Waals surface area contributed by atoms with Crippen molar-refractivity contribution in [2.75, 3.05) is 11.7 Å². The van der Waals surface area contributed by atoms with E-state index < -0.39 is 35.8 Å². The molecule has 0 spiro atoms. The summed E-state index contributed by atoms with van der Waals surface area (Å²) in [5.74, 6) is -1.89. The molecule has 0 N–H and O–H groups in total. The Balaban J connectivity index is 1.31. The number of imide groups is 1. The van der Waals surface area contributed by atoms with E-state index in [9.17, 15) is 19.2 Å². The summed E-state index contributed by atoms with van der Waals surface area (Å²) in [5, 5.41) is 0. The van der Waals surface area contributed by atoms with Gasteiger partial charge in [-0.3, -0.25) is 19.2 Å². The fraction of sp³-hybridized carbons (Fsp3) is 0.200. The van der Waals surface area contributed by atoms with Crippen molar-refractivity contribution in [2.45, 2.75) is 19.0 Å². The van der Waals surface area contributed by atoms with Crippen molar-refractivity contribution in [1.82, 2.24) is 4.90 Å². The van der Waals surface area contributed by atoms with Crippen LogP contribution in [0.25, 0.3) is 6.08 Å².